The normalized spacial score (nSPS) is 25.5. The predicted molar refractivity (Wildman–Crippen MR) is 66.3 cm³/mol. The van der Waals surface area contributed by atoms with Gasteiger partial charge in [0.15, 0.2) is 0 Å². The molecule has 1 amide bonds. The highest BCUT2D eigenvalue weighted by Gasteiger charge is 2.35. The number of hydrogen-bond acceptors (Lipinski definition) is 3. The zero-order valence-corrected chi connectivity index (χ0v) is 10.6. The summed E-state index contributed by atoms with van der Waals surface area (Å²) in [5.74, 6) is 1.36. The summed E-state index contributed by atoms with van der Waals surface area (Å²) in [6, 6.07) is 0. The molecule has 1 heterocycles. The Hall–Kier alpha value is -0.220. The monoisotopic (exact) mass is 230 g/mol. The lowest BCUT2D eigenvalue weighted by Gasteiger charge is -2.22. The Balaban J connectivity index is 2.12. The van der Waals surface area contributed by atoms with Crippen LogP contribution >= 0.6 is 11.8 Å². The molecule has 1 saturated heterocycles. The predicted octanol–water partition coefficient (Wildman–Crippen LogP) is 1.39. The van der Waals surface area contributed by atoms with E-state index in [1.54, 1.807) is 0 Å². The second-order valence-electron chi connectivity index (χ2n) is 4.32. The summed E-state index contributed by atoms with van der Waals surface area (Å²) in [5.41, 5.74) is -0.306. The first-order valence-electron chi connectivity index (χ1n) is 5.71. The van der Waals surface area contributed by atoms with Gasteiger partial charge in [0.05, 0.1) is 5.54 Å². The molecule has 15 heavy (non-hydrogen) atoms. The van der Waals surface area contributed by atoms with Gasteiger partial charge in [-0.05, 0) is 51.2 Å². The van der Waals surface area contributed by atoms with Gasteiger partial charge in [0, 0.05) is 6.54 Å². The number of rotatable bonds is 6. The minimum Gasteiger partial charge on any atom is -0.355 e. The SMILES string of the molecule is CSCCCCNC(=O)C1(C)CCCN1. The van der Waals surface area contributed by atoms with E-state index in [9.17, 15) is 4.79 Å². The Morgan fingerprint density at radius 2 is 2.33 bits per heavy atom. The standard InChI is InChI=1S/C11H22N2OS/c1-11(6-5-8-13-11)10(14)12-7-3-4-9-15-2/h13H,3-9H2,1-2H3,(H,12,14). The van der Waals surface area contributed by atoms with Crippen molar-refractivity contribution in [2.24, 2.45) is 0 Å². The van der Waals surface area contributed by atoms with E-state index in [0.717, 1.165) is 32.4 Å². The highest BCUT2D eigenvalue weighted by molar-refractivity contribution is 7.98. The zero-order valence-electron chi connectivity index (χ0n) is 9.77. The van der Waals surface area contributed by atoms with Gasteiger partial charge in [-0.25, -0.2) is 0 Å². The van der Waals surface area contributed by atoms with Crippen molar-refractivity contribution in [3.63, 3.8) is 0 Å². The Bertz CT molecular complexity index is 203. The van der Waals surface area contributed by atoms with Gasteiger partial charge in [0.2, 0.25) is 5.91 Å². The summed E-state index contributed by atoms with van der Waals surface area (Å²) < 4.78 is 0. The lowest BCUT2D eigenvalue weighted by atomic mass is 9.99. The maximum absolute atomic E-state index is 11.8. The molecule has 4 heteroatoms. The molecule has 0 spiro atoms. The second-order valence-corrected chi connectivity index (χ2v) is 5.30. The van der Waals surface area contributed by atoms with Crippen LogP contribution in [-0.4, -0.2) is 36.5 Å². The van der Waals surface area contributed by atoms with Crippen molar-refractivity contribution in [1.82, 2.24) is 10.6 Å². The third kappa shape index (κ3) is 4.03. The van der Waals surface area contributed by atoms with Gasteiger partial charge in [-0.3, -0.25) is 4.79 Å². The fourth-order valence-corrected chi connectivity index (χ4v) is 2.35. The van der Waals surface area contributed by atoms with E-state index in [2.05, 4.69) is 16.9 Å². The molecular weight excluding hydrogens is 208 g/mol. The molecule has 1 unspecified atom stereocenters. The van der Waals surface area contributed by atoms with E-state index in [1.165, 1.54) is 12.2 Å². The summed E-state index contributed by atoms with van der Waals surface area (Å²) in [6.45, 7) is 3.78. The quantitative estimate of drug-likeness (QED) is 0.678. The lowest BCUT2D eigenvalue weighted by molar-refractivity contribution is -0.126. The van der Waals surface area contributed by atoms with E-state index >= 15 is 0 Å². The minimum atomic E-state index is -0.306. The van der Waals surface area contributed by atoms with Crippen LogP contribution in [0.2, 0.25) is 0 Å². The minimum absolute atomic E-state index is 0.171. The fourth-order valence-electron chi connectivity index (χ4n) is 1.86. The van der Waals surface area contributed by atoms with Crippen LogP contribution in [0, 0.1) is 0 Å². The van der Waals surface area contributed by atoms with Crippen molar-refractivity contribution in [3.05, 3.63) is 0 Å². The molecule has 0 aromatic carbocycles. The molecule has 1 atom stereocenters. The van der Waals surface area contributed by atoms with E-state index in [-0.39, 0.29) is 11.4 Å². The Labute approximate surface area is 96.8 Å². The van der Waals surface area contributed by atoms with Gasteiger partial charge < -0.3 is 10.6 Å². The first-order chi connectivity index (χ1) is 7.19. The van der Waals surface area contributed by atoms with Crippen molar-refractivity contribution in [2.45, 2.75) is 38.1 Å². The van der Waals surface area contributed by atoms with E-state index in [1.807, 2.05) is 18.7 Å². The maximum atomic E-state index is 11.8. The first kappa shape index (κ1) is 12.8. The zero-order chi connectivity index (χ0) is 11.1. The molecule has 0 aliphatic carbocycles. The summed E-state index contributed by atoms with van der Waals surface area (Å²) in [5, 5.41) is 6.28. The van der Waals surface area contributed by atoms with Gasteiger partial charge in [0.25, 0.3) is 0 Å². The van der Waals surface area contributed by atoms with Crippen LogP contribution in [0.25, 0.3) is 0 Å². The second kappa shape index (κ2) is 6.38. The summed E-state index contributed by atoms with van der Waals surface area (Å²) in [4.78, 5) is 11.8. The average molecular weight is 230 g/mol. The van der Waals surface area contributed by atoms with Crippen LogP contribution < -0.4 is 10.6 Å². The van der Waals surface area contributed by atoms with Gasteiger partial charge in [-0.2, -0.15) is 11.8 Å². The molecular formula is C11H22N2OS. The first-order valence-corrected chi connectivity index (χ1v) is 7.11. The summed E-state index contributed by atoms with van der Waals surface area (Å²) in [6.07, 6.45) is 6.45. The van der Waals surface area contributed by atoms with Crippen LogP contribution in [-0.2, 0) is 4.79 Å². The summed E-state index contributed by atoms with van der Waals surface area (Å²) >= 11 is 1.86. The number of carbonyl (C=O) groups is 1. The fraction of sp³-hybridized carbons (Fsp3) is 0.909. The van der Waals surface area contributed by atoms with Crippen molar-refractivity contribution >= 4 is 17.7 Å². The molecule has 0 bridgehead atoms. The Morgan fingerprint density at radius 1 is 1.53 bits per heavy atom. The smallest absolute Gasteiger partial charge is 0.240 e. The molecule has 88 valence electrons. The van der Waals surface area contributed by atoms with Crippen LogP contribution in [0.1, 0.15) is 32.6 Å². The van der Waals surface area contributed by atoms with Gasteiger partial charge in [-0.15, -0.1) is 0 Å². The highest BCUT2D eigenvalue weighted by Crippen LogP contribution is 2.18. The van der Waals surface area contributed by atoms with E-state index in [4.69, 9.17) is 0 Å². The van der Waals surface area contributed by atoms with E-state index < -0.39 is 0 Å². The lowest BCUT2D eigenvalue weighted by Crippen LogP contribution is -2.51. The number of amides is 1. The number of thioether (sulfide) groups is 1. The molecule has 1 rings (SSSR count). The topological polar surface area (TPSA) is 41.1 Å². The van der Waals surface area contributed by atoms with Gasteiger partial charge >= 0.3 is 0 Å². The largest absolute Gasteiger partial charge is 0.355 e. The van der Waals surface area contributed by atoms with E-state index in [0.29, 0.717) is 0 Å². The third-order valence-electron chi connectivity index (χ3n) is 2.93. The third-order valence-corrected chi connectivity index (χ3v) is 3.63. The van der Waals surface area contributed by atoms with Crippen molar-refractivity contribution < 1.29 is 4.79 Å². The van der Waals surface area contributed by atoms with Gasteiger partial charge in [-0.1, -0.05) is 0 Å². The molecule has 1 aliphatic rings. The highest BCUT2D eigenvalue weighted by atomic mass is 32.2. The van der Waals surface area contributed by atoms with Crippen molar-refractivity contribution in [2.75, 3.05) is 25.1 Å². The molecule has 1 fully saturated rings. The van der Waals surface area contributed by atoms with Crippen LogP contribution in [0.15, 0.2) is 0 Å². The number of hydrogen-bond donors (Lipinski definition) is 2. The van der Waals surface area contributed by atoms with Crippen LogP contribution in [0.4, 0.5) is 0 Å². The van der Waals surface area contributed by atoms with Crippen LogP contribution in [0.3, 0.4) is 0 Å². The molecule has 3 nitrogen and oxygen atoms in total. The molecule has 0 saturated carbocycles. The summed E-state index contributed by atoms with van der Waals surface area (Å²) in [7, 11) is 0. The molecule has 2 N–H and O–H groups in total. The number of carbonyl (C=O) groups excluding carboxylic acids is 1. The molecule has 0 radical (unpaired) electrons. The Morgan fingerprint density at radius 3 is 2.93 bits per heavy atom. The molecule has 1 aliphatic heterocycles. The Kier molecular flexibility index (Phi) is 5.47. The van der Waals surface area contributed by atoms with Crippen LogP contribution in [0.5, 0.6) is 0 Å². The molecule has 0 aromatic heterocycles. The number of nitrogens with one attached hydrogen (secondary N) is 2. The maximum Gasteiger partial charge on any atom is 0.240 e. The number of unbranched alkanes of at least 4 members (excludes halogenated alkanes) is 1. The van der Waals surface area contributed by atoms with Crippen molar-refractivity contribution in [3.8, 4) is 0 Å². The molecule has 0 aromatic rings. The van der Waals surface area contributed by atoms with Gasteiger partial charge in [0.1, 0.15) is 0 Å². The van der Waals surface area contributed by atoms with Crippen molar-refractivity contribution in [1.29, 1.82) is 0 Å². The average Bonchev–Trinajstić information content (AvgIpc) is 2.66.